The molecule has 44 valence electrons. The summed E-state index contributed by atoms with van der Waals surface area (Å²) in [5.41, 5.74) is 0.947. The molecule has 0 rings (SSSR count). The number of hydrogen-bond acceptors (Lipinski definition) is 1. The summed E-state index contributed by atoms with van der Waals surface area (Å²) >= 11 is 0. The second-order valence-electron chi connectivity index (χ2n) is 1.46. The smallest absolute Gasteiger partial charge is 0.0366 e. The molecule has 0 bridgehead atoms. The zero-order valence-electron chi connectivity index (χ0n) is 5.39. The van der Waals surface area contributed by atoms with Gasteiger partial charge in [0.2, 0.25) is 0 Å². The molecule has 0 aliphatic rings. The van der Waals surface area contributed by atoms with Crippen LogP contribution in [0.2, 0.25) is 0 Å². The summed E-state index contributed by atoms with van der Waals surface area (Å²) in [7, 11) is 0. The highest BCUT2D eigenvalue weighted by molar-refractivity contribution is 5.92. The summed E-state index contributed by atoms with van der Waals surface area (Å²) < 4.78 is 0. The van der Waals surface area contributed by atoms with Gasteiger partial charge in [0.25, 0.3) is 0 Å². The molecule has 0 N–H and O–H groups in total. The Bertz CT molecular complexity index is 120. The molecule has 1 heteroatoms. The molecule has 0 fully saturated rings. The van der Waals surface area contributed by atoms with E-state index in [-0.39, 0.29) is 0 Å². The number of aliphatic imine (C=N–C) groups is 1. The van der Waals surface area contributed by atoms with Crippen LogP contribution in [-0.2, 0) is 0 Å². The average Bonchev–Trinajstić information content (AvgIpc) is 1.83. The molecule has 0 aromatic carbocycles. The molecule has 0 aliphatic carbocycles. The van der Waals surface area contributed by atoms with E-state index < -0.39 is 0 Å². The molecule has 8 heavy (non-hydrogen) atoms. The highest BCUT2D eigenvalue weighted by Gasteiger charge is 1.71. The van der Waals surface area contributed by atoms with Gasteiger partial charge >= 0.3 is 0 Å². The van der Waals surface area contributed by atoms with E-state index >= 15 is 0 Å². The molecular formula is C7H11N. The van der Waals surface area contributed by atoms with E-state index in [1.54, 1.807) is 12.3 Å². The van der Waals surface area contributed by atoms with Gasteiger partial charge in [-0.15, -0.1) is 0 Å². The fourth-order valence-corrected chi connectivity index (χ4v) is 0.245. The molecule has 0 unspecified atom stereocenters. The summed E-state index contributed by atoms with van der Waals surface area (Å²) in [6, 6.07) is 0. The molecule has 0 radical (unpaired) electrons. The molecule has 0 aliphatic heterocycles. The van der Waals surface area contributed by atoms with E-state index in [1.807, 2.05) is 19.9 Å². The monoisotopic (exact) mass is 109 g/mol. The first-order valence-electron chi connectivity index (χ1n) is 2.59. The van der Waals surface area contributed by atoms with Crippen LogP contribution in [0.15, 0.2) is 29.9 Å². The lowest BCUT2D eigenvalue weighted by atomic mass is 10.4. The van der Waals surface area contributed by atoms with Crippen LogP contribution >= 0.6 is 0 Å². The van der Waals surface area contributed by atoms with E-state index in [0.717, 1.165) is 5.71 Å². The standard InChI is InChI=1S/C7H11N/c1-4-6-8-7(3)5-2/h4-6H,2H2,1,3H3/b6-4-,8-7?. The fraction of sp³-hybridized carbons (Fsp3) is 0.286. The lowest BCUT2D eigenvalue weighted by Crippen LogP contribution is -1.77. The summed E-state index contributed by atoms with van der Waals surface area (Å²) in [5, 5.41) is 0. The first kappa shape index (κ1) is 7.15. The van der Waals surface area contributed by atoms with Crippen LogP contribution in [0.4, 0.5) is 0 Å². The molecule has 0 aromatic heterocycles. The maximum atomic E-state index is 3.98. The zero-order chi connectivity index (χ0) is 6.41. The molecule has 0 saturated heterocycles. The van der Waals surface area contributed by atoms with Gasteiger partial charge in [0.1, 0.15) is 0 Å². The van der Waals surface area contributed by atoms with E-state index in [0.29, 0.717) is 0 Å². The lowest BCUT2D eigenvalue weighted by Gasteiger charge is -1.81. The highest BCUT2D eigenvalue weighted by atomic mass is 14.7. The minimum atomic E-state index is 0.947. The molecule has 0 saturated carbocycles. The molecule has 0 amide bonds. The van der Waals surface area contributed by atoms with E-state index in [4.69, 9.17) is 0 Å². The van der Waals surface area contributed by atoms with Crippen LogP contribution in [0.25, 0.3) is 0 Å². The van der Waals surface area contributed by atoms with Gasteiger partial charge in [0.05, 0.1) is 0 Å². The van der Waals surface area contributed by atoms with Gasteiger partial charge in [0.15, 0.2) is 0 Å². The molecule has 1 nitrogen and oxygen atoms in total. The van der Waals surface area contributed by atoms with Crippen molar-refractivity contribution < 1.29 is 0 Å². The normalized spacial score (nSPS) is 12.5. The van der Waals surface area contributed by atoms with Crippen LogP contribution in [0.3, 0.4) is 0 Å². The Morgan fingerprint density at radius 2 is 2.25 bits per heavy atom. The Morgan fingerprint density at radius 1 is 1.62 bits per heavy atom. The van der Waals surface area contributed by atoms with Gasteiger partial charge < -0.3 is 0 Å². The summed E-state index contributed by atoms with van der Waals surface area (Å²) in [4.78, 5) is 3.98. The van der Waals surface area contributed by atoms with Gasteiger partial charge in [0, 0.05) is 11.9 Å². The van der Waals surface area contributed by atoms with Crippen LogP contribution < -0.4 is 0 Å². The van der Waals surface area contributed by atoms with Crippen molar-refractivity contribution in [3.05, 3.63) is 24.9 Å². The van der Waals surface area contributed by atoms with Crippen molar-refractivity contribution in [1.29, 1.82) is 0 Å². The second-order valence-corrected chi connectivity index (χ2v) is 1.46. The quantitative estimate of drug-likeness (QED) is 0.482. The molecule has 0 spiro atoms. The largest absolute Gasteiger partial charge is 0.262 e. The van der Waals surface area contributed by atoms with Crippen molar-refractivity contribution in [3.63, 3.8) is 0 Å². The van der Waals surface area contributed by atoms with Gasteiger partial charge in [-0.2, -0.15) is 0 Å². The Labute approximate surface area is 50.4 Å². The Balaban J connectivity index is 3.74. The Hall–Kier alpha value is -0.850. The van der Waals surface area contributed by atoms with Crippen LogP contribution in [0.5, 0.6) is 0 Å². The molecule has 0 heterocycles. The maximum absolute atomic E-state index is 3.98. The van der Waals surface area contributed by atoms with E-state index in [9.17, 15) is 0 Å². The number of rotatable bonds is 2. The summed E-state index contributed by atoms with van der Waals surface area (Å²) in [6.45, 7) is 7.39. The number of hydrogen-bond donors (Lipinski definition) is 0. The van der Waals surface area contributed by atoms with Crippen molar-refractivity contribution in [2.75, 3.05) is 0 Å². The number of allylic oxidation sites excluding steroid dienone is 2. The third-order valence-corrected chi connectivity index (χ3v) is 0.723. The van der Waals surface area contributed by atoms with Crippen molar-refractivity contribution in [2.24, 2.45) is 4.99 Å². The minimum absolute atomic E-state index is 0.947. The predicted octanol–water partition coefficient (Wildman–Crippen LogP) is 2.17. The van der Waals surface area contributed by atoms with Crippen molar-refractivity contribution in [2.45, 2.75) is 13.8 Å². The van der Waals surface area contributed by atoms with Crippen LogP contribution in [0, 0.1) is 0 Å². The van der Waals surface area contributed by atoms with Crippen LogP contribution in [-0.4, -0.2) is 5.71 Å². The SMILES string of the molecule is C=CC(C)=N/C=C\C. The van der Waals surface area contributed by atoms with Gasteiger partial charge in [-0.1, -0.05) is 12.7 Å². The lowest BCUT2D eigenvalue weighted by molar-refractivity contribution is 1.51. The Morgan fingerprint density at radius 3 is 2.62 bits per heavy atom. The van der Waals surface area contributed by atoms with Crippen LogP contribution in [0.1, 0.15) is 13.8 Å². The summed E-state index contributed by atoms with van der Waals surface area (Å²) in [5.74, 6) is 0. The third-order valence-electron chi connectivity index (χ3n) is 0.723. The van der Waals surface area contributed by atoms with E-state index in [1.165, 1.54) is 0 Å². The van der Waals surface area contributed by atoms with Crippen molar-refractivity contribution in [1.82, 2.24) is 0 Å². The maximum Gasteiger partial charge on any atom is 0.0366 e. The molecule has 0 aromatic rings. The molecule has 0 atom stereocenters. The predicted molar refractivity (Wildman–Crippen MR) is 38.1 cm³/mol. The Kier molecular flexibility index (Phi) is 3.85. The number of nitrogens with zero attached hydrogens (tertiary/aromatic N) is 1. The highest BCUT2D eigenvalue weighted by Crippen LogP contribution is 1.79. The summed E-state index contributed by atoms with van der Waals surface area (Å²) in [6.07, 6.45) is 5.35. The minimum Gasteiger partial charge on any atom is -0.262 e. The average molecular weight is 109 g/mol. The topological polar surface area (TPSA) is 12.4 Å². The first-order valence-corrected chi connectivity index (χ1v) is 2.59. The first-order chi connectivity index (χ1) is 3.81. The van der Waals surface area contributed by atoms with Crippen molar-refractivity contribution in [3.8, 4) is 0 Å². The van der Waals surface area contributed by atoms with Crippen molar-refractivity contribution >= 4 is 5.71 Å². The second kappa shape index (κ2) is 4.31. The van der Waals surface area contributed by atoms with Gasteiger partial charge in [-0.05, 0) is 19.9 Å². The fourth-order valence-electron chi connectivity index (χ4n) is 0.245. The molecular weight excluding hydrogens is 98.1 g/mol. The van der Waals surface area contributed by atoms with Gasteiger partial charge in [-0.3, -0.25) is 4.99 Å². The van der Waals surface area contributed by atoms with E-state index in [2.05, 4.69) is 11.6 Å². The zero-order valence-corrected chi connectivity index (χ0v) is 5.39. The van der Waals surface area contributed by atoms with Gasteiger partial charge in [-0.25, -0.2) is 0 Å². The third kappa shape index (κ3) is 3.34.